The summed E-state index contributed by atoms with van der Waals surface area (Å²) >= 11 is 0. The fourth-order valence-corrected chi connectivity index (χ4v) is 17.4. The van der Waals surface area contributed by atoms with E-state index in [0.29, 0.717) is 17.8 Å². The van der Waals surface area contributed by atoms with Gasteiger partial charge >= 0.3 is 5.97 Å². The first kappa shape index (κ1) is 37.1. The van der Waals surface area contributed by atoms with Crippen molar-refractivity contribution < 1.29 is 23.8 Å². The lowest BCUT2D eigenvalue weighted by Gasteiger charge is -2.59. The van der Waals surface area contributed by atoms with E-state index in [-0.39, 0.29) is 46.1 Å². The van der Waals surface area contributed by atoms with Crippen molar-refractivity contribution in [3.63, 3.8) is 0 Å². The average molecular weight is 713 g/mol. The molecule has 0 radical (unpaired) electrons. The number of ether oxygens (including phenoxy) is 2. The van der Waals surface area contributed by atoms with Crippen LogP contribution in [0.15, 0.2) is 72.3 Å². The highest BCUT2D eigenvalue weighted by molar-refractivity contribution is 6.99. The van der Waals surface area contributed by atoms with Gasteiger partial charge in [0.2, 0.25) is 0 Å². The summed E-state index contributed by atoms with van der Waals surface area (Å²) < 4.78 is 20.8. The van der Waals surface area contributed by atoms with Crippen LogP contribution in [-0.4, -0.2) is 48.9 Å². The molecule has 0 unspecified atom stereocenters. The monoisotopic (exact) mass is 712 g/mol. The first-order valence-electron chi connectivity index (χ1n) is 20.0. The van der Waals surface area contributed by atoms with Crippen LogP contribution < -0.4 is 10.4 Å². The van der Waals surface area contributed by atoms with Gasteiger partial charge in [-0.2, -0.15) is 0 Å². The summed E-state index contributed by atoms with van der Waals surface area (Å²) in [5.74, 6) is 1.56. The van der Waals surface area contributed by atoms with Crippen molar-refractivity contribution in [2.45, 2.75) is 155 Å². The second-order valence-corrected chi connectivity index (χ2v) is 23.7. The Balaban J connectivity index is 1.17. The lowest BCUT2D eigenvalue weighted by atomic mass is 9.46. The predicted octanol–water partition coefficient (Wildman–Crippen LogP) is 8.76. The number of hydrogen-bond acceptors (Lipinski definition) is 5. The van der Waals surface area contributed by atoms with E-state index in [0.717, 1.165) is 51.4 Å². The predicted molar refractivity (Wildman–Crippen MR) is 207 cm³/mol. The highest BCUT2D eigenvalue weighted by atomic mass is 28.4. The van der Waals surface area contributed by atoms with Crippen LogP contribution in [0.4, 0.5) is 0 Å². The molecule has 4 aliphatic carbocycles. The number of benzene rings is 2. The third-order valence-electron chi connectivity index (χ3n) is 14.9. The summed E-state index contributed by atoms with van der Waals surface area (Å²) in [5, 5.41) is 13.6. The van der Waals surface area contributed by atoms with Crippen molar-refractivity contribution in [3.8, 4) is 0 Å². The maximum absolute atomic E-state index is 12.6. The Hall–Kier alpha value is -2.25. The molecule has 0 spiro atoms. The van der Waals surface area contributed by atoms with Crippen molar-refractivity contribution in [3.05, 3.63) is 72.3 Å². The topological polar surface area (TPSA) is 65.0 Å². The molecule has 5 nitrogen and oxygen atoms in total. The minimum absolute atomic E-state index is 0.00974. The van der Waals surface area contributed by atoms with Crippen LogP contribution in [-0.2, 0) is 18.7 Å². The number of aliphatic hydroxyl groups is 1. The largest absolute Gasteiger partial charge is 0.462 e. The van der Waals surface area contributed by atoms with Gasteiger partial charge < -0.3 is 19.0 Å². The number of allylic oxidation sites excluding steroid dienone is 1. The number of carbonyl (C=O) groups is 1. The highest BCUT2D eigenvalue weighted by Gasteiger charge is 2.67. The Morgan fingerprint density at radius 1 is 0.863 bits per heavy atom. The molecule has 10 atom stereocenters. The molecule has 0 aromatic heterocycles. The van der Waals surface area contributed by atoms with E-state index >= 15 is 0 Å². The van der Waals surface area contributed by atoms with Crippen molar-refractivity contribution >= 4 is 24.7 Å². The molecule has 278 valence electrons. The molecular formula is C45H64O5Si. The summed E-state index contributed by atoms with van der Waals surface area (Å²) in [7, 11) is -2.64. The number of hydrogen-bond donors (Lipinski definition) is 1. The van der Waals surface area contributed by atoms with E-state index in [9.17, 15) is 9.90 Å². The molecule has 51 heavy (non-hydrogen) atoms. The number of fused-ring (bicyclic) bond motifs is 5. The first-order valence-corrected chi connectivity index (χ1v) is 21.9. The van der Waals surface area contributed by atoms with E-state index in [4.69, 9.17) is 13.9 Å². The van der Waals surface area contributed by atoms with Crippen molar-refractivity contribution in [2.24, 2.45) is 34.5 Å². The summed E-state index contributed by atoms with van der Waals surface area (Å²) in [4.78, 5) is 12.6. The molecular weight excluding hydrogens is 649 g/mol. The fraction of sp³-hybridized carbons (Fsp3) is 0.667. The van der Waals surface area contributed by atoms with Crippen LogP contribution in [0.25, 0.3) is 0 Å². The first-order chi connectivity index (χ1) is 23.9. The zero-order valence-corrected chi connectivity index (χ0v) is 33.8. The Morgan fingerprint density at radius 3 is 2.04 bits per heavy atom. The van der Waals surface area contributed by atoms with Gasteiger partial charge in [-0.25, -0.2) is 0 Å². The maximum atomic E-state index is 12.6. The number of esters is 1. The van der Waals surface area contributed by atoms with E-state index in [1.54, 1.807) is 12.5 Å². The van der Waals surface area contributed by atoms with Crippen LogP contribution in [0.3, 0.4) is 0 Å². The lowest BCUT2D eigenvalue weighted by Crippen LogP contribution is -2.68. The standard InChI is InChI=1S/C45H64O5Si/c1-30(46)48-38-29-37-35-21-20-31-28-32(50-51(41(2,3)4,33-16-12-10-13-17-33)34-18-14-11-15-19-34)22-25-43(31,7)36(35)23-26-44(37,8)40(38)45(9)27-24-39(49-45)42(5,6)47/h10-20,32,35-40,47H,21-29H2,1-9H3/t32-,35+,36-,37-,38-,39+,40-,43-,44-,45-/m0/s1. The summed E-state index contributed by atoms with van der Waals surface area (Å²) in [6.07, 6.45) is 11.7. The molecule has 3 saturated carbocycles. The maximum Gasteiger partial charge on any atom is 0.302 e. The zero-order chi connectivity index (χ0) is 36.6. The molecule has 2 aromatic carbocycles. The SMILES string of the molecule is CC(=O)O[C@H]1C[C@H]2[C@@H]3CC=C4C[C@@H](O[Si](c5ccccc5)(c5ccccc5)C(C)(C)C)CC[C@]4(C)[C@H]3CC[C@]2(C)[C@H]1[C@]1(C)CC[C@H](C(C)(C)O)O1. The van der Waals surface area contributed by atoms with E-state index in [2.05, 4.69) is 108 Å². The van der Waals surface area contributed by atoms with Crippen LogP contribution in [0.5, 0.6) is 0 Å². The second kappa shape index (κ2) is 13.0. The molecule has 1 N–H and O–H groups in total. The molecule has 7 rings (SSSR count). The summed E-state index contributed by atoms with van der Waals surface area (Å²) in [5.41, 5.74) is 0.452. The minimum Gasteiger partial charge on any atom is -0.462 e. The molecule has 2 aromatic rings. The van der Waals surface area contributed by atoms with Crippen molar-refractivity contribution in [2.75, 3.05) is 0 Å². The van der Waals surface area contributed by atoms with Crippen LogP contribution in [0, 0.1) is 34.5 Å². The van der Waals surface area contributed by atoms with Crippen molar-refractivity contribution in [1.29, 1.82) is 0 Å². The third-order valence-corrected chi connectivity index (χ3v) is 20.0. The Kier molecular flexibility index (Phi) is 9.42. The van der Waals surface area contributed by atoms with E-state index in [1.165, 1.54) is 16.8 Å². The van der Waals surface area contributed by atoms with Gasteiger partial charge in [-0.1, -0.05) is 107 Å². The highest BCUT2D eigenvalue weighted by Crippen LogP contribution is 2.69. The number of carbonyl (C=O) groups excluding carboxylic acids is 1. The van der Waals surface area contributed by atoms with Gasteiger partial charge in [0.25, 0.3) is 8.32 Å². The van der Waals surface area contributed by atoms with Gasteiger partial charge in [-0.05, 0) is 123 Å². The third kappa shape index (κ3) is 6.12. The van der Waals surface area contributed by atoms with Crippen molar-refractivity contribution in [1.82, 2.24) is 0 Å². The lowest BCUT2D eigenvalue weighted by molar-refractivity contribution is -0.183. The Bertz CT molecular complexity index is 1570. The Morgan fingerprint density at radius 2 is 1.49 bits per heavy atom. The second-order valence-electron chi connectivity index (χ2n) is 19.4. The smallest absolute Gasteiger partial charge is 0.302 e. The molecule has 0 amide bonds. The van der Waals surface area contributed by atoms with E-state index < -0.39 is 19.5 Å². The van der Waals surface area contributed by atoms with Gasteiger partial charge in [0.15, 0.2) is 0 Å². The van der Waals surface area contributed by atoms with Gasteiger partial charge in [0.1, 0.15) is 6.10 Å². The van der Waals surface area contributed by atoms with Crippen LogP contribution in [0.2, 0.25) is 5.04 Å². The van der Waals surface area contributed by atoms with Crippen LogP contribution in [0.1, 0.15) is 120 Å². The zero-order valence-electron chi connectivity index (χ0n) is 32.8. The van der Waals surface area contributed by atoms with E-state index in [1.807, 2.05) is 13.8 Å². The molecule has 1 saturated heterocycles. The summed E-state index contributed by atoms with van der Waals surface area (Å²) in [6, 6.07) is 22.2. The molecule has 1 aliphatic heterocycles. The molecule has 1 heterocycles. The average Bonchev–Trinajstić information content (AvgIpc) is 3.61. The number of rotatable bonds is 7. The van der Waals surface area contributed by atoms with Gasteiger partial charge in [-0.15, -0.1) is 0 Å². The quantitative estimate of drug-likeness (QED) is 0.177. The molecule has 6 heteroatoms. The molecule has 5 aliphatic rings. The molecule has 0 bridgehead atoms. The van der Waals surface area contributed by atoms with Gasteiger partial charge in [0, 0.05) is 18.9 Å². The van der Waals surface area contributed by atoms with Gasteiger partial charge in [-0.3, -0.25) is 4.79 Å². The van der Waals surface area contributed by atoms with Crippen LogP contribution >= 0.6 is 0 Å². The Labute approximate surface area is 309 Å². The minimum atomic E-state index is -2.64. The summed E-state index contributed by atoms with van der Waals surface area (Å²) in [6.45, 7) is 19.7. The fourth-order valence-electron chi connectivity index (χ4n) is 12.7. The molecule has 4 fully saturated rings. The van der Waals surface area contributed by atoms with Gasteiger partial charge in [0.05, 0.1) is 17.3 Å². The normalized spacial score (nSPS) is 38.3.